The number of hydrogen-bond acceptors (Lipinski definition) is 3. The summed E-state index contributed by atoms with van der Waals surface area (Å²) in [5.74, 6) is 1.24. The molecule has 3 rings (SSSR count). The summed E-state index contributed by atoms with van der Waals surface area (Å²) in [6, 6.07) is 0.629. The average Bonchev–Trinajstić information content (AvgIpc) is 3.20. The van der Waals surface area contributed by atoms with Crippen molar-refractivity contribution in [2.75, 3.05) is 13.2 Å². The van der Waals surface area contributed by atoms with Crippen LogP contribution < -0.4 is 5.73 Å². The Morgan fingerprint density at radius 3 is 2.76 bits per heavy atom. The Kier molecular flexibility index (Phi) is 4.96. The molecule has 0 aromatic carbocycles. The molecule has 1 aliphatic carbocycles. The highest BCUT2D eigenvalue weighted by Gasteiger charge is 2.30. The predicted octanol–water partition coefficient (Wildman–Crippen LogP) is 3.45. The van der Waals surface area contributed by atoms with Crippen molar-refractivity contribution in [3.63, 3.8) is 0 Å². The summed E-state index contributed by atoms with van der Waals surface area (Å²) >= 11 is 0. The number of aromatic nitrogens is 2. The van der Waals surface area contributed by atoms with E-state index in [1.165, 1.54) is 44.2 Å². The van der Waals surface area contributed by atoms with Gasteiger partial charge < -0.3 is 15.0 Å². The number of rotatable bonds is 5. The van der Waals surface area contributed by atoms with Gasteiger partial charge in [-0.1, -0.05) is 26.2 Å². The van der Waals surface area contributed by atoms with E-state index in [0.717, 1.165) is 25.6 Å². The number of ether oxygens (including phenoxy) is 1. The maximum Gasteiger partial charge on any atom is 0.0951 e. The Hall–Kier alpha value is -0.870. The number of hydrogen-bond donors (Lipinski definition) is 1. The monoisotopic (exact) mass is 291 g/mol. The summed E-state index contributed by atoms with van der Waals surface area (Å²) in [7, 11) is 0. The van der Waals surface area contributed by atoms with Crippen LogP contribution in [0.2, 0.25) is 0 Å². The molecule has 2 fully saturated rings. The van der Waals surface area contributed by atoms with Gasteiger partial charge in [0.05, 0.1) is 24.7 Å². The summed E-state index contributed by atoms with van der Waals surface area (Å²) in [5.41, 5.74) is 7.74. The number of imidazole rings is 1. The summed E-state index contributed by atoms with van der Waals surface area (Å²) in [5, 5.41) is 0. The Morgan fingerprint density at radius 1 is 1.29 bits per heavy atom. The lowest BCUT2D eigenvalue weighted by atomic mass is 9.82. The van der Waals surface area contributed by atoms with Gasteiger partial charge in [0.1, 0.15) is 0 Å². The Morgan fingerprint density at radius 2 is 2.10 bits per heavy atom. The molecule has 1 saturated heterocycles. The zero-order valence-corrected chi connectivity index (χ0v) is 13.2. The minimum absolute atomic E-state index is 0.0626. The van der Waals surface area contributed by atoms with Crippen LogP contribution in [0.5, 0.6) is 0 Å². The molecule has 1 aromatic heterocycles. The van der Waals surface area contributed by atoms with Crippen molar-refractivity contribution < 1.29 is 4.74 Å². The Bertz CT molecular complexity index is 433. The van der Waals surface area contributed by atoms with Crippen LogP contribution in [0.15, 0.2) is 12.5 Å². The van der Waals surface area contributed by atoms with E-state index in [9.17, 15) is 0 Å². The molecule has 3 unspecified atom stereocenters. The minimum Gasteiger partial charge on any atom is -0.381 e. The van der Waals surface area contributed by atoms with Crippen molar-refractivity contribution in [2.24, 2.45) is 17.6 Å². The van der Waals surface area contributed by atoms with Crippen molar-refractivity contribution in [1.29, 1.82) is 0 Å². The van der Waals surface area contributed by atoms with E-state index in [-0.39, 0.29) is 6.04 Å². The lowest BCUT2D eigenvalue weighted by Crippen LogP contribution is -2.28. The van der Waals surface area contributed by atoms with Crippen LogP contribution in [0.1, 0.15) is 69.6 Å². The van der Waals surface area contributed by atoms with Crippen LogP contribution in [-0.4, -0.2) is 22.8 Å². The maximum atomic E-state index is 6.53. The lowest BCUT2D eigenvalue weighted by Gasteiger charge is -2.33. The smallest absolute Gasteiger partial charge is 0.0951 e. The standard InChI is InChI=1S/C17H29N3O/c1-2-15(13-6-4-3-5-7-13)20-12-19-10-16(20)17(18)14-8-9-21-11-14/h10,12-15,17H,2-9,11,18H2,1H3. The molecule has 1 aromatic rings. The number of nitrogens with two attached hydrogens (primary N) is 1. The van der Waals surface area contributed by atoms with Gasteiger partial charge in [0.25, 0.3) is 0 Å². The van der Waals surface area contributed by atoms with E-state index in [4.69, 9.17) is 10.5 Å². The second-order valence-corrected chi connectivity index (χ2v) is 6.75. The molecule has 0 bridgehead atoms. The molecule has 0 spiro atoms. The molecule has 1 aliphatic heterocycles. The second-order valence-electron chi connectivity index (χ2n) is 6.75. The van der Waals surface area contributed by atoms with Crippen molar-refractivity contribution >= 4 is 0 Å². The molecule has 0 amide bonds. The largest absolute Gasteiger partial charge is 0.381 e. The first-order valence-electron chi connectivity index (χ1n) is 8.66. The molecule has 21 heavy (non-hydrogen) atoms. The van der Waals surface area contributed by atoms with E-state index >= 15 is 0 Å². The van der Waals surface area contributed by atoms with E-state index in [1.807, 2.05) is 12.5 Å². The van der Waals surface area contributed by atoms with Gasteiger partial charge in [0, 0.05) is 24.8 Å². The molecule has 2 heterocycles. The summed E-state index contributed by atoms with van der Waals surface area (Å²) in [4.78, 5) is 4.42. The van der Waals surface area contributed by atoms with Crippen LogP contribution in [0, 0.1) is 11.8 Å². The van der Waals surface area contributed by atoms with Crippen molar-refractivity contribution in [1.82, 2.24) is 9.55 Å². The first-order chi connectivity index (χ1) is 10.3. The molecule has 4 heteroatoms. The Labute approximate surface area is 128 Å². The number of nitrogens with zero attached hydrogens (tertiary/aromatic N) is 2. The lowest BCUT2D eigenvalue weighted by molar-refractivity contribution is 0.178. The van der Waals surface area contributed by atoms with E-state index in [0.29, 0.717) is 12.0 Å². The molecule has 1 saturated carbocycles. The van der Waals surface area contributed by atoms with Crippen molar-refractivity contribution in [3.05, 3.63) is 18.2 Å². The Balaban J connectivity index is 1.78. The average molecular weight is 291 g/mol. The van der Waals surface area contributed by atoms with Gasteiger partial charge in [0.15, 0.2) is 0 Å². The van der Waals surface area contributed by atoms with Gasteiger partial charge in [-0.15, -0.1) is 0 Å². The van der Waals surface area contributed by atoms with Crippen LogP contribution in [0.25, 0.3) is 0 Å². The fourth-order valence-corrected chi connectivity index (χ4v) is 4.20. The molecule has 0 radical (unpaired) electrons. The first kappa shape index (κ1) is 15.0. The molecule has 2 N–H and O–H groups in total. The van der Waals surface area contributed by atoms with E-state index < -0.39 is 0 Å². The zero-order valence-electron chi connectivity index (χ0n) is 13.2. The predicted molar refractivity (Wildman–Crippen MR) is 84.0 cm³/mol. The fourth-order valence-electron chi connectivity index (χ4n) is 4.20. The highest BCUT2D eigenvalue weighted by molar-refractivity contribution is 5.09. The van der Waals surface area contributed by atoms with Crippen LogP contribution in [-0.2, 0) is 4.74 Å². The zero-order chi connectivity index (χ0) is 14.7. The van der Waals surface area contributed by atoms with Gasteiger partial charge in [-0.25, -0.2) is 4.98 Å². The maximum absolute atomic E-state index is 6.53. The molecule has 118 valence electrons. The summed E-state index contributed by atoms with van der Waals surface area (Å²) in [6.45, 7) is 3.95. The van der Waals surface area contributed by atoms with Gasteiger partial charge >= 0.3 is 0 Å². The third kappa shape index (κ3) is 3.16. The molecule has 3 atom stereocenters. The topological polar surface area (TPSA) is 53.1 Å². The van der Waals surface area contributed by atoms with E-state index in [2.05, 4.69) is 16.5 Å². The van der Waals surface area contributed by atoms with Crippen molar-refractivity contribution in [3.8, 4) is 0 Å². The normalized spacial score (nSPS) is 26.9. The van der Waals surface area contributed by atoms with Crippen LogP contribution in [0.3, 0.4) is 0 Å². The third-order valence-corrected chi connectivity index (χ3v) is 5.48. The van der Waals surface area contributed by atoms with Gasteiger partial charge in [-0.2, -0.15) is 0 Å². The van der Waals surface area contributed by atoms with Gasteiger partial charge in [-0.05, 0) is 31.6 Å². The van der Waals surface area contributed by atoms with Crippen molar-refractivity contribution in [2.45, 2.75) is 64.0 Å². The SMILES string of the molecule is CCC(C1CCCCC1)n1cncc1C(N)C1CCOC1. The molecular weight excluding hydrogens is 262 g/mol. The molecule has 2 aliphatic rings. The summed E-state index contributed by atoms with van der Waals surface area (Å²) in [6.07, 6.45) is 13.1. The third-order valence-electron chi connectivity index (χ3n) is 5.48. The van der Waals surface area contributed by atoms with Gasteiger partial charge in [0.2, 0.25) is 0 Å². The van der Waals surface area contributed by atoms with Crippen LogP contribution in [0.4, 0.5) is 0 Å². The highest BCUT2D eigenvalue weighted by atomic mass is 16.5. The van der Waals surface area contributed by atoms with Crippen LogP contribution >= 0.6 is 0 Å². The van der Waals surface area contributed by atoms with E-state index in [1.54, 1.807) is 0 Å². The molecular formula is C17H29N3O. The highest BCUT2D eigenvalue weighted by Crippen LogP contribution is 2.37. The fraction of sp³-hybridized carbons (Fsp3) is 0.824. The minimum atomic E-state index is 0.0626. The summed E-state index contributed by atoms with van der Waals surface area (Å²) < 4.78 is 7.90. The molecule has 4 nitrogen and oxygen atoms in total. The second kappa shape index (κ2) is 6.93. The quantitative estimate of drug-likeness (QED) is 0.904. The van der Waals surface area contributed by atoms with Gasteiger partial charge in [-0.3, -0.25) is 0 Å². The first-order valence-corrected chi connectivity index (χ1v) is 8.66.